The van der Waals surface area contributed by atoms with E-state index in [-0.39, 0.29) is 18.5 Å². The first-order valence-electron chi connectivity index (χ1n) is 8.46. The number of nitrogens with one attached hydrogen (secondary N) is 1. The quantitative estimate of drug-likeness (QED) is 0.621. The fourth-order valence-electron chi connectivity index (χ4n) is 2.45. The molecule has 2 aromatic heterocycles. The first kappa shape index (κ1) is 20.6. The zero-order chi connectivity index (χ0) is 20.9. The van der Waals surface area contributed by atoms with Crippen LogP contribution in [0.3, 0.4) is 0 Å². The topological polar surface area (TPSA) is 64.1 Å². The number of amides is 1. The van der Waals surface area contributed by atoms with E-state index in [1.54, 1.807) is 36.7 Å². The molecule has 3 rings (SSSR count). The van der Waals surface area contributed by atoms with Crippen LogP contribution in [0.25, 0.3) is 0 Å². The first-order chi connectivity index (χ1) is 13.8. The van der Waals surface area contributed by atoms with Crippen molar-refractivity contribution in [1.29, 1.82) is 0 Å². The number of rotatable bonds is 6. The Bertz CT molecular complexity index is 981. The van der Waals surface area contributed by atoms with Crippen LogP contribution >= 0.6 is 11.6 Å². The van der Waals surface area contributed by atoms with Gasteiger partial charge in [0.15, 0.2) is 0 Å². The highest BCUT2D eigenvalue weighted by Gasteiger charge is 2.33. The maximum Gasteiger partial charge on any atom is 0.417 e. The molecule has 0 aliphatic carbocycles. The third-order valence-corrected chi connectivity index (χ3v) is 4.17. The molecule has 3 aromatic rings. The van der Waals surface area contributed by atoms with Gasteiger partial charge in [0.25, 0.3) is 0 Å². The molecule has 0 fully saturated rings. The van der Waals surface area contributed by atoms with Crippen LogP contribution in [0.1, 0.15) is 16.7 Å². The Morgan fingerprint density at radius 2 is 1.90 bits per heavy atom. The molecule has 0 saturated carbocycles. The molecule has 1 aromatic carbocycles. The molecule has 0 saturated heterocycles. The van der Waals surface area contributed by atoms with E-state index in [4.69, 9.17) is 16.3 Å². The lowest BCUT2D eigenvalue weighted by Gasteiger charge is -2.11. The van der Waals surface area contributed by atoms with Crippen LogP contribution in [0, 0.1) is 0 Å². The van der Waals surface area contributed by atoms with Crippen molar-refractivity contribution in [2.45, 2.75) is 19.1 Å². The summed E-state index contributed by atoms with van der Waals surface area (Å²) in [6, 6.07) is 10.3. The minimum absolute atomic E-state index is 0.179. The number of benzene rings is 1. The van der Waals surface area contributed by atoms with Gasteiger partial charge in [-0.3, -0.25) is 9.78 Å². The summed E-state index contributed by atoms with van der Waals surface area (Å²) in [5.74, 6) is 0.493. The molecule has 1 amide bonds. The fourth-order valence-corrected chi connectivity index (χ4v) is 2.68. The van der Waals surface area contributed by atoms with Crippen LogP contribution in [-0.4, -0.2) is 15.9 Å². The average Bonchev–Trinajstić information content (AvgIpc) is 2.69. The van der Waals surface area contributed by atoms with Crippen molar-refractivity contribution >= 4 is 17.5 Å². The van der Waals surface area contributed by atoms with Crippen LogP contribution < -0.4 is 10.1 Å². The Kier molecular flexibility index (Phi) is 6.33. The predicted octanol–water partition coefficient (Wildman–Crippen LogP) is 4.80. The van der Waals surface area contributed by atoms with E-state index >= 15 is 0 Å². The maximum atomic E-state index is 12.9. The summed E-state index contributed by atoms with van der Waals surface area (Å²) in [7, 11) is 0. The molecule has 0 aliphatic rings. The summed E-state index contributed by atoms with van der Waals surface area (Å²) in [4.78, 5) is 20.1. The van der Waals surface area contributed by atoms with Crippen LogP contribution in [0.4, 0.5) is 13.2 Å². The molecule has 0 atom stereocenters. The van der Waals surface area contributed by atoms with Gasteiger partial charge in [0, 0.05) is 25.0 Å². The van der Waals surface area contributed by atoms with Crippen molar-refractivity contribution in [2.75, 3.05) is 0 Å². The Labute approximate surface area is 169 Å². The number of carbonyl (C=O) groups excluding carboxylic acids is 1. The molecule has 2 heterocycles. The van der Waals surface area contributed by atoms with Gasteiger partial charge in [-0.2, -0.15) is 13.2 Å². The number of alkyl halides is 3. The van der Waals surface area contributed by atoms with Crippen molar-refractivity contribution in [3.05, 3.63) is 82.8 Å². The van der Waals surface area contributed by atoms with Gasteiger partial charge in [0.05, 0.1) is 23.2 Å². The number of ether oxygens (including phenoxy) is 1. The molecule has 0 radical (unpaired) electrons. The number of nitrogens with zero attached hydrogens (tertiary/aromatic N) is 2. The summed E-state index contributed by atoms with van der Waals surface area (Å²) in [5.41, 5.74) is -0.0283. The van der Waals surface area contributed by atoms with Crippen LogP contribution in [0.2, 0.25) is 5.02 Å². The highest BCUT2D eigenvalue weighted by atomic mass is 35.5. The molecule has 0 aliphatic heterocycles. The molecule has 0 unspecified atom stereocenters. The van der Waals surface area contributed by atoms with Gasteiger partial charge in [-0.25, -0.2) is 4.98 Å². The standard InChI is InChI=1S/C20H15ClF3N3O2/c21-17-5-3-13(8-16(17)20(22,23)24)9-18(28)26-10-14-4-6-19(27-11-14)29-15-2-1-7-25-12-15/h1-8,11-12H,9-10H2,(H,26,28). The molecule has 150 valence electrons. The summed E-state index contributed by atoms with van der Waals surface area (Å²) in [6.07, 6.45) is -0.0579. The van der Waals surface area contributed by atoms with E-state index in [0.717, 1.165) is 12.1 Å². The Morgan fingerprint density at radius 3 is 2.55 bits per heavy atom. The number of halogens is 4. The van der Waals surface area contributed by atoms with Crippen LogP contribution in [-0.2, 0) is 23.9 Å². The highest BCUT2D eigenvalue weighted by molar-refractivity contribution is 6.31. The third kappa shape index (κ3) is 5.92. The largest absolute Gasteiger partial charge is 0.437 e. The minimum atomic E-state index is -4.57. The van der Waals surface area contributed by atoms with Crippen molar-refractivity contribution < 1.29 is 22.7 Å². The molecule has 1 N–H and O–H groups in total. The van der Waals surface area contributed by atoms with Gasteiger partial charge in [-0.05, 0) is 35.4 Å². The van der Waals surface area contributed by atoms with Gasteiger partial charge >= 0.3 is 6.18 Å². The smallest absolute Gasteiger partial charge is 0.417 e. The average molecular weight is 422 g/mol. The molecule has 0 spiro atoms. The van der Waals surface area contributed by atoms with Gasteiger partial charge in [0.1, 0.15) is 5.75 Å². The molecular weight excluding hydrogens is 407 g/mol. The first-order valence-corrected chi connectivity index (χ1v) is 8.84. The van der Waals surface area contributed by atoms with Crippen molar-refractivity contribution in [1.82, 2.24) is 15.3 Å². The predicted molar refractivity (Wildman–Crippen MR) is 101 cm³/mol. The summed E-state index contributed by atoms with van der Waals surface area (Å²) >= 11 is 5.58. The zero-order valence-corrected chi connectivity index (χ0v) is 15.7. The zero-order valence-electron chi connectivity index (χ0n) is 14.9. The Morgan fingerprint density at radius 1 is 1.10 bits per heavy atom. The number of aromatic nitrogens is 2. The van der Waals surface area contributed by atoms with E-state index in [0.29, 0.717) is 17.2 Å². The molecular formula is C20H15ClF3N3O2. The van der Waals surface area contributed by atoms with Gasteiger partial charge in [-0.15, -0.1) is 0 Å². The van der Waals surface area contributed by atoms with E-state index in [9.17, 15) is 18.0 Å². The third-order valence-electron chi connectivity index (χ3n) is 3.84. The van der Waals surface area contributed by atoms with Crippen LogP contribution in [0.5, 0.6) is 11.6 Å². The summed E-state index contributed by atoms with van der Waals surface area (Å²) in [5, 5.41) is 2.24. The highest BCUT2D eigenvalue weighted by Crippen LogP contribution is 2.35. The lowest BCUT2D eigenvalue weighted by molar-refractivity contribution is -0.137. The minimum Gasteiger partial charge on any atom is -0.437 e. The maximum absolute atomic E-state index is 12.9. The molecule has 29 heavy (non-hydrogen) atoms. The second kappa shape index (κ2) is 8.91. The number of hydrogen-bond donors (Lipinski definition) is 1. The molecule has 9 heteroatoms. The van der Waals surface area contributed by atoms with Gasteiger partial charge in [-0.1, -0.05) is 23.7 Å². The Balaban J connectivity index is 1.54. The van der Waals surface area contributed by atoms with Crippen molar-refractivity contribution in [3.63, 3.8) is 0 Å². The molecule has 5 nitrogen and oxygen atoms in total. The molecule has 0 bridgehead atoms. The second-order valence-corrected chi connectivity index (χ2v) is 6.47. The number of carbonyl (C=O) groups is 1. The lowest BCUT2D eigenvalue weighted by atomic mass is 10.1. The summed E-state index contributed by atoms with van der Waals surface area (Å²) < 4.78 is 44.2. The van der Waals surface area contributed by atoms with Crippen LogP contribution in [0.15, 0.2) is 61.1 Å². The van der Waals surface area contributed by atoms with E-state index in [2.05, 4.69) is 15.3 Å². The SMILES string of the molecule is O=C(Cc1ccc(Cl)c(C(F)(F)F)c1)NCc1ccc(Oc2cccnc2)nc1. The number of pyridine rings is 2. The fraction of sp³-hybridized carbons (Fsp3) is 0.150. The number of hydrogen-bond acceptors (Lipinski definition) is 4. The van der Waals surface area contributed by atoms with Gasteiger partial charge in [0.2, 0.25) is 11.8 Å². The van der Waals surface area contributed by atoms with E-state index < -0.39 is 22.7 Å². The van der Waals surface area contributed by atoms with E-state index in [1.807, 2.05) is 0 Å². The normalized spacial score (nSPS) is 11.2. The van der Waals surface area contributed by atoms with Gasteiger partial charge < -0.3 is 10.1 Å². The van der Waals surface area contributed by atoms with Crippen molar-refractivity contribution in [3.8, 4) is 11.6 Å². The lowest BCUT2D eigenvalue weighted by Crippen LogP contribution is -2.24. The van der Waals surface area contributed by atoms with E-state index in [1.165, 1.54) is 12.3 Å². The second-order valence-electron chi connectivity index (χ2n) is 6.06. The van der Waals surface area contributed by atoms with Crippen molar-refractivity contribution in [2.24, 2.45) is 0 Å². The monoisotopic (exact) mass is 421 g/mol. The summed E-state index contributed by atoms with van der Waals surface area (Å²) in [6.45, 7) is 0.179. The Hall–Kier alpha value is -3.13.